The zero-order valence-electron chi connectivity index (χ0n) is 12.4. The summed E-state index contributed by atoms with van der Waals surface area (Å²) >= 11 is 3.47. The van der Waals surface area contributed by atoms with Gasteiger partial charge in [-0.15, -0.1) is 0 Å². The number of hydrogen-bond acceptors (Lipinski definition) is 1. The molecule has 2 nitrogen and oxygen atoms in total. The quantitative estimate of drug-likeness (QED) is 0.707. The Bertz CT molecular complexity index is 305. The third kappa shape index (κ3) is 3.74. The predicted octanol–water partition coefficient (Wildman–Crippen LogP) is 4.22. The average molecular weight is 330 g/mol. The molecule has 3 atom stereocenters. The Morgan fingerprint density at radius 3 is 2.47 bits per heavy atom. The second-order valence-electron chi connectivity index (χ2n) is 6.63. The summed E-state index contributed by atoms with van der Waals surface area (Å²) in [6.45, 7) is 5.11. The Kier molecular flexibility index (Phi) is 5.73. The van der Waals surface area contributed by atoms with E-state index < -0.39 is 0 Å². The van der Waals surface area contributed by atoms with Crippen molar-refractivity contribution in [3.63, 3.8) is 0 Å². The molecule has 19 heavy (non-hydrogen) atoms. The van der Waals surface area contributed by atoms with Crippen LogP contribution in [0.2, 0.25) is 0 Å². The molecule has 2 aliphatic rings. The molecule has 2 saturated carbocycles. The zero-order chi connectivity index (χ0) is 13.8. The van der Waals surface area contributed by atoms with Crippen molar-refractivity contribution in [3.8, 4) is 0 Å². The number of carbonyl (C=O) groups is 1. The van der Waals surface area contributed by atoms with Crippen LogP contribution >= 0.6 is 15.9 Å². The third-order valence-electron chi connectivity index (χ3n) is 5.12. The number of nitrogens with zero attached hydrogens (tertiary/aromatic N) is 1. The Balaban J connectivity index is 1.95. The summed E-state index contributed by atoms with van der Waals surface area (Å²) < 4.78 is 0. The zero-order valence-corrected chi connectivity index (χ0v) is 14.0. The van der Waals surface area contributed by atoms with E-state index in [1.54, 1.807) is 0 Å². The lowest BCUT2D eigenvalue weighted by Crippen LogP contribution is -2.44. The van der Waals surface area contributed by atoms with E-state index in [9.17, 15) is 4.79 Å². The molecule has 2 fully saturated rings. The van der Waals surface area contributed by atoms with Gasteiger partial charge in [-0.25, -0.2) is 0 Å². The van der Waals surface area contributed by atoms with E-state index in [0.29, 0.717) is 17.9 Å². The highest BCUT2D eigenvalue weighted by Gasteiger charge is 2.36. The van der Waals surface area contributed by atoms with Crippen molar-refractivity contribution in [2.24, 2.45) is 17.8 Å². The summed E-state index contributed by atoms with van der Waals surface area (Å²) in [6, 6.07) is 0.328. The number of rotatable bonds is 4. The maximum absolute atomic E-state index is 12.7. The minimum Gasteiger partial charge on any atom is -0.339 e. The summed E-state index contributed by atoms with van der Waals surface area (Å²) in [4.78, 5) is 14.8. The third-order valence-corrected chi connectivity index (χ3v) is 5.48. The first-order chi connectivity index (χ1) is 9.13. The molecule has 110 valence electrons. The standard InChI is InChI=1S/C16H28BrNO/c1-12(2)18(10-9-17)16(19)15-8-7-13-5-3-4-6-14(13)11-15/h12-15H,3-11H2,1-2H3. The summed E-state index contributed by atoms with van der Waals surface area (Å²) in [6.07, 6.45) is 9.18. The van der Waals surface area contributed by atoms with Crippen molar-refractivity contribution in [2.45, 2.75) is 64.8 Å². The van der Waals surface area contributed by atoms with Crippen LogP contribution in [0.25, 0.3) is 0 Å². The first-order valence-electron chi connectivity index (χ1n) is 8.00. The molecule has 0 spiro atoms. The summed E-state index contributed by atoms with van der Waals surface area (Å²) in [5.41, 5.74) is 0. The van der Waals surface area contributed by atoms with Crippen molar-refractivity contribution >= 4 is 21.8 Å². The lowest BCUT2D eigenvalue weighted by molar-refractivity contribution is -0.139. The molecule has 0 N–H and O–H groups in total. The highest BCUT2D eigenvalue weighted by Crippen LogP contribution is 2.43. The predicted molar refractivity (Wildman–Crippen MR) is 83.4 cm³/mol. The Labute approximate surface area is 126 Å². The number of alkyl halides is 1. The van der Waals surface area contributed by atoms with Crippen LogP contribution in [0.3, 0.4) is 0 Å². The normalized spacial score (nSPS) is 31.1. The first kappa shape index (κ1) is 15.3. The lowest BCUT2D eigenvalue weighted by Gasteiger charge is -2.40. The van der Waals surface area contributed by atoms with Crippen molar-refractivity contribution in [1.29, 1.82) is 0 Å². The Morgan fingerprint density at radius 2 is 1.84 bits per heavy atom. The first-order valence-corrected chi connectivity index (χ1v) is 9.12. The second-order valence-corrected chi connectivity index (χ2v) is 7.42. The fourth-order valence-electron chi connectivity index (χ4n) is 4.05. The van der Waals surface area contributed by atoms with E-state index in [0.717, 1.165) is 36.6 Å². The molecule has 0 aromatic heterocycles. The van der Waals surface area contributed by atoms with Gasteiger partial charge in [0.25, 0.3) is 0 Å². The minimum atomic E-state index is 0.306. The SMILES string of the molecule is CC(C)N(CCBr)C(=O)C1CCC2CCCCC2C1. The van der Waals surface area contributed by atoms with Crippen molar-refractivity contribution in [3.05, 3.63) is 0 Å². The summed E-state index contributed by atoms with van der Waals surface area (Å²) in [7, 11) is 0. The fraction of sp³-hybridized carbons (Fsp3) is 0.938. The van der Waals surface area contributed by atoms with Crippen LogP contribution < -0.4 is 0 Å². The lowest BCUT2D eigenvalue weighted by atomic mass is 9.67. The average Bonchev–Trinajstić information content (AvgIpc) is 2.43. The van der Waals surface area contributed by atoms with E-state index in [1.807, 2.05) is 0 Å². The Hall–Kier alpha value is -0.0500. The van der Waals surface area contributed by atoms with Gasteiger partial charge in [-0.2, -0.15) is 0 Å². The van der Waals surface area contributed by atoms with E-state index >= 15 is 0 Å². The van der Waals surface area contributed by atoms with Gasteiger partial charge in [-0.05, 0) is 44.9 Å². The molecule has 2 aliphatic carbocycles. The van der Waals surface area contributed by atoms with Gasteiger partial charge < -0.3 is 4.90 Å². The van der Waals surface area contributed by atoms with Gasteiger partial charge in [0.15, 0.2) is 0 Å². The molecule has 1 amide bonds. The fourth-order valence-corrected chi connectivity index (χ4v) is 4.43. The maximum Gasteiger partial charge on any atom is 0.225 e. The van der Waals surface area contributed by atoms with Crippen LogP contribution in [-0.4, -0.2) is 28.7 Å². The molecule has 0 bridgehead atoms. The maximum atomic E-state index is 12.7. The molecule has 0 aliphatic heterocycles. The number of carbonyl (C=O) groups excluding carboxylic acids is 1. The highest BCUT2D eigenvalue weighted by molar-refractivity contribution is 9.09. The van der Waals surface area contributed by atoms with Crippen LogP contribution in [0.5, 0.6) is 0 Å². The van der Waals surface area contributed by atoms with Gasteiger partial charge >= 0.3 is 0 Å². The van der Waals surface area contributed by atoms with Crippen LogP contribution in [0.4, 0.5) is 0 Å². The van der Waals surface area contributed by atoms with Gasteiger partial charge in [0.2, 0.25) is 5.91 Å². The number of hydrogen-bond donors (Lipinski definition) is 0. The van der Waals surface area contributed by atoms with Crippen molar-refractivity contribution < 1.29 is 4.79 Å². The molecule has 2 rings (SSSR count). The molecular formula is C16H28BrNO. The molecule has 0 saturated heterocycles. The molecule has 3 unspecified atom stereocenters. The molecule has 0 aromatic carbocycles. The van der Waals surface area contributed by atoms with E-state index in [1.165, 1.54) is 32.1 Å². The highest BCUT2D eigenvalue weighted by atomic mass is 79.9. The Morgan fingerprint density at radius 1 is 1.16 bits per heavy atom. The van der Waals surface area contributed by atoms with Crippen molar-refractivity contribution in [1.82, 2.24) is 4.90 Å². The van der Waals surface area contributed by atoms with Crippen LogP contribution in [0.1, 0.15) is 58.8 Å². The van der Waals surface area contributed by atoms with E-state index in [-0.39, 0.29) is 0 Å². The minimum absolute atomic E-state index is 0.306. The van der Waals surface area contributed by atoms with E-state index in [2.05, 4.69) is 34.7 Å². The molecule has 0 radical (unpaired) electrons. The molecule has 0 aromatic rings. The van der Waals surface area contributed by atoms with Crippen LogP contribution in [0, 0.1) is 17.8 Å². The van der Waals surface area contributed by atoms with Crippen LogP contribution in [-0.2, 0) is 4.79 Å². The number of fused-ring (bicyclic) bond motifs is 1. The van der Waals surface area contributed by atoms with Gasteiger partial charge in [-0.3, -0.25) is 4.79 Å². The monoisotopic (exact) mass is 329 g/mol. The van der Waals surface area contributed by atoms with Crippen LogP contribution in [0.15, 0.2) is 0 Å². The second kappa shape index (κ2) is 7.10. The van der Waals surface area contributed by atoms with E-state index in [4.69, 9.17) is 0 Å². The molecular weight excluding hydrogens is 302 g/mol. The summed E-state index contributed by atoms with van der Waals surface area (Å²) in [5.74, 6) is 2.50. The molecule has 3 heteroatoms. The number of amides is 1. The summed E-state index contributed by atoms with van der Waals surface area (Å²) in [5, 5.41) is 0.885. The molecule has 0 heterocycles. The van der Waals surface area contributed by atoms with Gasteiger partial charge in [-0.1, -0.05) is 41.6 Å². The van der Waals surface area contributed by atoms with Gasteiger partial charge in [0.1, 0.15) is 0 Å². The van der Waals surface area contributed by atoms with Gasteiger partial charge in [0.05, 0.1) is 0 Å². The topological polar surface area (TPSA) is 20.3 Å². The number of halogens is 1. The smallest absolute Gasteiger partial charge is 0.225 e. The van der Waals surface area contributed by atoms with Crippen molar-refractivity contribution in [2.75, 3.05) is 11.9 Å². The largest absolute Gasteiger partial charge is 0.339 e. The van der Waals surface area contributed by atoms with Gasteiger partial charge in [0, 0.05) is 23.8 Å².